The maximum absolute atomic E-state index is 13.5. The summed E-state index contributed by atoms with van der Waals surface area (Å²) in [6, 6.07) is 11.4. The topological polar surface area (TPSA) is 85.3 Å². The van der Waals surface area contributed by atoms with Crippen LogP contribution in [-0.2, 0) is 5.75 Å². The molecule has 164 valence electrons. The summed E-state index contributed by atoms with van der Waals surface area (Å²) in [5.74, 6) is 2.26. The smallest absolute Gasteiger partial charge is 0.256 e. The van der Waals surface area contributed by atoms with Crippen molar-refractivity contribution in [2.75, 3.05) is 13.1 Å². The van der Waals surface area contributed by atoms with Crippen molar-refractivity contribution in [2.45, 2.75) is 43.4 Å². The summed E-state index contributed by atoms with van der Waals surface area (Å²) >= 11 is 1.54. The van der Waals surface area contributed by atoms with Gasteiger partial charge in [-0.15, -0.1) is 11.8 Å². The van der Waals surface area contributed by atoms with E-state index in [4.69, 9.17) is 8.94 Å². The van der Waals surface area contributed by atoms with E-state index >= 15 is 0 Å². The maximum atomic E-state index is 13.5. The third-order valence-electron chi connectivity index (χ3n) is 5.90. The minimum Gasteiger partial charge on any atom is -0.440 e. The zero-order valence-electron chi connectivity index (χ0n) is 18.1. The van der Waals surface area contributed by atoms with E-state index in [1.165, 1.54) is 11.8 Å². The van der Waals surface area contributed by atoms with Crippen LogP contribution in [0.2, 0.25) is 0 Å². The second kappa shape index (κ2) is 8.78. The number of carbonyl (C=O) groups excluding carboxylic acids is 1. The van der Waals surface area contributed by atoms with Crippen LogP contribution in [0.25, 0.3) is 11.1 Å². The van der Waals surface area contributed by atoms with E-state index in [9.17, 15) is 4.79 Å². The highest BCUT2D eigenvalue weighted by Crippen LogP contribution is 2.32. The number of carbonyl (C=O) groups is 1. The van der Waals surface area contributed by atoms with E-state index in [1.807, 2.05) is 55.1 Å². The molecule has 5 rings (SSSR count). The lowest BCUT2D eigenvalue weighted by atomic mass is 9.97. The number of likely N-dealkylation sites (tertiary alicyclic amines) is 1. The van der Waals surface area contributed by atoms with E-state index < -0.39 is 0 Å². The molecule has 4 heterocycles. The van der Waals surface area contributed by atoms with E-state index in [2.05, 4.69) is 15.1 Å². The molecule has 0 radical (unpaired) electrons. The number of oxazole rings is 1. The van der Waals surface area contributed by atoms with Gasteiger partial charge in [0.2, 0.25) is 0 Å². The van der Waals surface area contributed by atoms with Gasteiger partial charge in [0.1, 0.15) is 16.3 Å². The minimum atomic E-state index is 0.000161. The van der Waals surface area contributed by atoms with Gasteiger partial charge in [-0.1, -0.05) is 17.3 Å². The van der Waals surface area contributed by atoms with Gasteiger partial charge in [-0.2, -0.15) is 0 Å². The zero-order valence-corrected chi connectivity index (χ0v) is 18.9. The van der Waals surface area contributed by atoms with Crippen molar-refractivity contribution in [2.24, 2.45) is 0 Å². The fraction of sp³-hybridized carbons (Fsp3) is 0.333. The minimum absolute atomic E-state index is 0.000161. The van der Waals surface area contributed by atoms with Gasteiger partial charge >= 0.3 is 0 Å². The summed E-state index contributed by atoms with van der Waals surface area (Å²) in [6.45, 7) is 5.14. The Hall–Kier alpha value is -3.13. The van der Waals surface area contributed by atoms with Crippen molar-refractivity contribution in [3.8, 4) is 0 Å². The fourth-order valence-corrected chi connectivity index (χ4v) is 5.25. The number of thioether (sulfide) groups is 1. The van der Waals surface area contributed by atoms with Crippen LogP contribution in [0.5, 0.6) is 0 Å². The molecule has 7 nitrogen and oxygen atoms in total. The largest absolute Gasteiger partial charge is 0.440 e. The van der Waals surface area contributed by atoms with Crippen molar-refractivity contribution in [1.29, 1.82) is 0 Å². The average Bonchev–Trinajstić information content (AvgIpc) is 3.40. The normalized spacial score (nSPS) is 16.6. The molecule has 0 saturated carbocycles. The van der Waals surface area contributed by atoms with Crippen LogP contribution in [0.15, 0.2) is 56.6 Å². The lowest BCUT2D eigenvalue weighted by Gasteiger charge is -2.31. The number of nitrogens with zero attached hydrogens (tertiary/aromatic N) is 4. The van der Waals surface area contributed by atoms with Gasteiger partial charge in [-0.05, 0) is 51.0 Å². The Morgan fingerprint density at radius 1 is 1.22 bits per heavy atom. The molecule has 1 aliphatic heterocycles. The molecule has 1 atom stereocenters. The standard InChI is InChI=1S/C24H24N4O3S/c1-15-19(16(2)31-27-15)14-32-23-18(8-5-11-25-23)24(29)28-12-6-7-17(13-28)22-26-20-9-3-4-10-21(20)30-22/h3-5,8-11,17H,6-7,12-14H2,1-2H3. The maximum Gasteiger partial charge on any atom is 0.256 e. The highest BCUT2D eigenvalue weighted by atomic mass is 32.2. The van der Waals surface area contributed by atoms with Gasteiger partial charge < -0.3 is 13.8 Å². The SMILES string of the molecule is Cc1noc(C)c1CSc1ncccc1C(=O)N1CCCC(c2nc3ccccc3o2)C1. The van der Waals surface area contributed by atoms with Crippen LogP contribution in [0.3, 0.4) is 0 Å². The molecule has 0 spiro atoms. The number of pyridine rings is 1. The van der Waals surface area contributed by atoms with E-state index in [1.54, 1.807) is 6.20 Å². The summed E-state index contributed by atoms with van der Waals surface area (Å²) in [4.78, 5) is 24.5. The molecule has 1 aromatic carbocycles. The number of amides is 1. The molecule has 8 heteroatoms. The second-order valence-corrected chi connectivity index (χ2v) is 9.02. The lowest BCUT2D eigenvalue weighted by Crippen LogP contribution is -2.39. The first-order chi connectivity index (χ1) is 15.6. The zero-order chi connectivity index (χ0) is 22.1. The number of aryl methyl sites for hydroxylation is 2. The molecule has 0 aliphatic carbocycles. The Morgan fingerprint density at radius 2 is 2.09 bits per heavy atom. The summed E-state index contributed by atoms with van der Waals surface area (Å²) in [6.07, 6.45) is 3.60. The van der Waals surface area contributed by atoms with Crippen LogP contribution >= 0.6 is 11.8 Å². The molecule has 32 heavy (non-hydrogen) atoms. The first-order valence-corrected chi connectivity index (χ1v) is 11.7. The van der Waals surface area contributed by atoms with Gasteiger partial charge in [0, 0.05) is 30.6 Å². The Kier molecular flexibility index (Phi) is 5.70. The van der Waals surface area contributed by atoms with Gasteiger partial charge in [0.25, 0.3) is 5.91 Å². The summed E-state index contributed by atoms with van der Waals surface area (Å²) in [5, 5.41) is 4.74. The number of aromatic nitrogens is 3. The summed E-state index contributed by atoms with van der Waals surface area (Å²) in [5.41, 5.74) is 4.19. The van der Waals surface area contributed by atoms with Crippen molar-refractivity contribution in [3.63, 3.8) is 0 Å². The third-order valence-corrected chi connectivity index (χ3v) is 6.94. The van der Waals surface area contributed by atoms with Gasteiger partial charge in [-0.3, -0.25) is 4.79 Å². The molecule has 1 aliphatic rings. The van der Waals surface area contributed by atoms with E-state index in [0.717, 1.165) is 52.5 Å². The Balaban J connectivity index is 1.33. The molecule has 4 aromatic rings. The predicted octanol–water partition coefficient (Wildman–Crippen LogP) is 5.14. The van der Waals surface area contributed by atoms with E-state index in [-0.39, 0.29) is 11.8 Å². The van der Waals surface area contributed by atoms with Crippen molar-refractivity contribution >= 4 is 28.8 Å². The van der Waals surface area contributed by atoms with Crippen molar-refractivity contribution < 1.29 is 13.7 Å². The highest BCUT2D eigenvalue weighted by molar-refractivity contribution is 7.98. The average molecular weight is 449 g/mol. The Bertz CT molecular complexity index is 1210. The molecule has 3 aromatic heterocycles. The van der Waals surface area contributed by atoms with E-state index in [0.29, 0.717) is 23.8 Å². The van der Waals surface area contributed by atoms with Crippen LogP contribution < -0.4 is 0 Å². The number of hydrogen-bond acceptors (Lipinski definition) is 7. The number of rotatable bonds is 5. The van der Waals surface area contributed by atoms with Crippen molar-refractivity contribution in [3.05, 3.63) is 71.1 Å². The molecule has 1 unspecified atom stereocenters. The fourth-order valence-electron chi connectivity index (χ4n) is 4.12. The number of hydrogen-bond donors (Lipinski definition) is 0. The molecule has 0 bridgehead atoms. The second-order valence-electron chi connectivity index (χ2n) is 8.06. The highest BCUT2D eigenvalue weighted by Gasteiger charge is 2.30. The molecule has 1 amide bonds. The monoisotopic (exact) mass is 448 g/mol. The van der Waals surface area contributed by atoms with Crippen molar-refractivity contribution in [1.82, 2.24) is 20.0 Å². The molecular formula is C24H24N4O3S. The van der Waals surface area contributed by atoms with Gasteiger partial charge in [0.15, 0.2) is 11.5 Å². The van der Waals surface area contributed by atoms with Gasteiger partial charge in [0.05, 0.1) is 17.2 Å². The third kappa shape index (κ3) is 4.02. The summed E-state index contributed by atoms with van der Waals surface area (Å²) < 4.78 is 11.2. The van der Waals surface area contributed by atoms with Crippen LogP contribution in [0.1, 0.15) is 52.0 Å². The molecule has 1 saturated heterocycles. The number of benzene rings is 1. The van der Waals surface area contributed by atoms with Crippen LogP contribution in [-0.4, -0.2) is 39.0 Å². The molecule has 0 N–H and O–H groups in total. The Labute approximate surface area is 190 Å². The Morgan fingerprint density at radius 3 is 2.91 bits per heavy atom. The number of fused-ring (bicyclic) bond motifs is 1. The van der Waals surface area contributed by atoms with Gasteiger partial charge in [-0.25, -0.2) is 9.97 Å². The van der Waals surface area contributed by atoms with Crippen LogP contribution in [0, 0.1) is 13.8 Å². The number of piperidine rings is 1. The molecular weight excluding hydrogens is 424 g/mol. The number of para-hydroxylation sites is 2. The summed E-state index contributed by atoms with van der Waals surface area (Å²) in [7, 11) is 0. The first-order valence-electron chi connectivity index (χ1n) is 10.7. The van der Waals surface area contributed by atoms with Crippen LogP contribution in [0.4, 0.5) is 0 Å². The quantitative estimate of drug-likeness (QED) is 0.391. The lowest BCUT2D eigenvalue weighted by molar-refractivity contribution is 0.0694. The molecule has 1 fully saturated rings. The first kappa shape index (κ1) is 20.8. The predicted molar refractivity (Wildman–Crippen MR) is 122 cm³/mol.